The molecule has 1 amide bonds. The largest absolute Gasteiger partial charge is 0.475 e. The number of methoxy groups -OCH3 is 1. The lowest BCUT2D eigenvalue weighted by atomic mass is 10.4. The summed E-state index contributed by atoms with van der Waals surface area (Å²) in [7, 11) is 1.54. The van der Waals surface area contributed by atoms with Crippen LogP contribution >= 0.6 is 11.8 Å². The van der Waals surface area contributed by atoms with E-state index in [1.807, 2.05) is 0 Å². The molecule has 0 radical (unpaired) electrons. The zero-order chi connectivity index (χ0) is 12.8. The Labute approximate surface area is 101 Å². The number of primary amides is 1. The van der Waals surface area contributed by atoms with Gasteiger partial charge in [0.05, 0.1) is 0 Å². The van der Waals surface area contributed by atoms with E-state index in [1.54, 1.807) is 7.11 Å². The highest BCUT2D eigenvalue weighted by Gasteiger charge is 2.19. The fourth-order valence-corrected chi connectivity index (χ4v) is 1.73. The molecule has 1 heterocycles. The third kappa shape index (κ3) is 3.71. The summed E-state index contributed by atoms with van der Waals surface area (Å²) in [4.78, 5) is 21.6. The molecule has 0 unspecified atom stereocenters. The summed E-state index contributed by atoms with van der Waals surface area (Å²) in [6.45, 7) is 0.815. The van der Waals surface area contributed by atoms with Crippen molar-refractivity contribution in [1.82, 2.24) is 14.8 Å². The van der Waals surface area contributed by atoms with Gasteiger partial charge in [-0.05, 0) is 6.42 Å². The minimum atomic E-state index is -1.20. The first-order valence-corrected chi connectivity index (χ1v) is 5.50. The zero-order valence-electron chi connectivity index (χ0n) is 9.12. The topological polar surface area (TPSA) is 120 Å². The zero-order valence-corrected chi connectivity index (χ0v) is 9.94. The summed E-state index contributed by atoms with van der Waals surface area (Å²) < 4.78 is 6.19. The van der Waals surface area contributed by atoms with Crippen molar-refractivity contribution in [2.24, 2.45) is 5.73 Å². The van der Waals surface area contributed by atoms with Gasteiger partial charge in [0, 0.05) is 32.0 Å². The normalized spacial score (nSPS) is 10.4. The number of aromatic carboxylic acids is 1. The Hall–Kier alpha value is -1.61. The maximum Gasteiger partial charge on any atom is 0.374 e. The molecule has 0 atom stereocenters. The van der Waals surface area contributed by atoms with Crippen molar-refractivity contribution in [3.05, 3.63) is 5.82 Å². The van der Waals surface area contributed by atoms with Gasteiger partial charge in [0.1, 0.15) is 0 Å². The van der Waals surface area contributed by atoms with Crippen LogP contribution in [0.15, 0.2) is 5.16 Å². The smallest absolute Gasteiger partial charge is 0.374 e. The highest BCUT2D eigenvalue weighted by molar-refractivity contribution is 8.13. The third-order valence-corrected chi connectivity index (χ3v) is 2.52. The van der Waals surface area contributed by atoms with E-state index < -0.39 is 11.2 Å². The summed E-state index contributed by atoms with van der Waals surface area (Å²) in [5.41, 5.74) is 5.00. The summed E-state index contributed by atoms with van der Waals surface area (Å²) >= 11 is 0.645. The van der Waals surface area contributed by atoms with Crippen molar-refractivity contribution in [2.45, 2.75) is 18.1 Å². The molecule has 17 heavy (non-hydrogen) atoms. The number of nitrogens with zero attached hydrogens (tertiary/aromatic N) is 3. The molecule has 0 spiro atoms. The Morgan fingerprint density at radius 3 is 2.76 bits per heavy atom. The molecule has 0 aliphatic heterocycles. The monoisotopic (exact) mass is 260 g/mol. The van der Waals surface area contributed by atoms with Crippen LogP contribution in [0.5, 0.6) is 0 Å². The van der Waals surface area contributed by atoms with Gasteiger partial charge in [-0.25, -0.2) is 4.79 Å². The van der Waals surface area contributed by atoms with Crippen molar-refractivity contribution < 1.29 is 19.4 Å². The average Bonchev–Trinajstić information content (AvgIpc) is 2.61. The highest BCUT2D eigenvalue weighted by Crippen LogP contribution is 2.17. The predicted molar refractivity (Wildman–Crippen MR) is 58.9 cm³/mol. The van der Waals surface area contributed by atoms with Crippen LogP contribution in [0.1, 0.15) is 17.0 Å². The Kier molecular flexibility index (Phi) is 4.91. The molecule has 0 aromatic carbocycles. The molecule has 8 nitrogen and oxygen atoms in total. The Morgan fingerprint density at radius 2 is 2.24 bits per heavy atom. The Morgan fingerprint density at radius 1 is 1.53 bits per heavy atom. The number of nitrogens with two attached hydrogens (primary N) is 1. The van der Waals surface area contributed by atoms with Gasteiger partial charge in [0.2, 0.25) is 11.0 Å². The second-order valence-corrected chi connectivity index (χ2v) is 4.00. The average molecular weight is 260 g/mol. The fourth-order valence-electron chi connectivity index (χ4n) is 1.18. The van der Waals surface area contributed by atoms with Gasteiger partial charge in [0.15, 0.2) is 0 Å². The van der Waals surface area contributed by atoms with E-state index in [0.717, 1.165) is 0 Å². The maximum atomic E-state index is 10.9. The van der Waals surface area contributed by atoms with Crippen LogP contribution in [0.2, 0.25) is 0 Å². The minimum Gasteiger partial charge on any atom is -0.475 e. The second kappa shape index (κ2) is 6.21. The highest BCUT2D eigenvalue weighted by atomic mass is 32.2. The van der Waals surface area contributed by atoms with E-state index in [1.165, 1.54) is 4.57 Å². The number of carbonyl (C=O) groups excluding carboxylic acids is 1. The lowest BCUT2D eigenvalue weighted by Crippen LogP contribution is -2.13. The van der Waals surface area contributed by atoms with Gasteiger partial charge < -0.3 is 15.6 Å². The first-order chi connectivity index (χ1) is 8.06. The molecule has 0 aliphatic rings. The number of amides is 1. The van der Waals surface area contributed by atoms with Crippen LogP contribution < -0.4 is 5.73 Å². The molecular weight excluding hydrogens is 248 g/mol. The van der Waals surface area contributed by atoms with Crippen molar-refractivity contribution in [2.75, 3.05) is 13.7 Å². The number of carbonyl (C=O) groups is 2. The van der Waals surface area contributed by atoms with E-state index in [2.05, 4.69) is 10.2 Å². The quantitative estimate of drug-likeness (QED) is 0.553. The number of rotatable bonds is 6. The standard InChI is InChI=1S/C8H12N4O4S/c1-16-4-2-3-12-5(6(13)14)10-11-8(12)17-7(9)15/h2-4H2,1H3,(H2,9,15)(H,13,14). The van der Waals surface area contributed by atoms with Crippen LogP contribution in [0.25, 0.3) is 0 Å². The molecule has 1 aromatic heterocycles. The number of carboxylic acid groups (broad SMARTS) is 1. The van der Waals surface area contributed by atoms with Crippen LogP contribution in [-0.2, 0) is 11.3 Å². The lowest BCUT2D eigenvalue weighted by Gasteiger charge is -2.06. The molecular formula is C8H12N4O4S. The van der Waals surface area contributed by atoms with E-state index in [0.29, 0.717) is 31.3 Å². The SMILES string of the molecule is COCCCn1c(SC(N)=O)nnc1C(=O)O. The fraction of sp³-hybridized carbons (Fsp3) is 0.500. The van der Waals surface area contributed by atoms with E-state index in [4.69, 9.17) is 15.6 Å². The van der Waals surface area contributed by atoms with Gasteiger partial charge >= 0.3 is 5.97 Å². The van der Waals surface area contributed by atoms with Crippen molar-refractivity contribution in [1.29, 1.82) is 0 Å². The van der Waals surface area contributed by atoms with Gasteiger partial charge in [-0.3, -0.25) is 9.36 Å². The molecule has 0 aliphatic carbocycles. The summed E-state index contributed by atoms with van der Waals surface area (Å²) in [5, 5.41) is 15.5. The Balaban J connectivity index is 2.89. The predicted octanol–water partition coefficient (Wildman–Crippen LogP) is 0.184. The molecule has 3 N–H and O–H groups in total. The molecule has 0 saturated heterocycles. The lowest BCUT2D eigenvalue weighted by molar-refractivity contribution is 0.0675. The molecule has 1 aromatic rings. The Bertz CT molecular complexity index is 420. The van der Waals surface area contributed by atoms with Crippen molar-refractivity contribution >= 4 is 23.0 Å². The van der Waals surface area contributed by atoms with E-state index >= 15 is 0 Å². The number of hydrogen-bond acceptors (Lipinski definition) is 6. The van der Waals surface area contributed by atoms with Gasteiger partial charge in [-0.15, -0.1) is 10.2 Å². The van der Waals surface area contributed by atoms with E-state index in [-0.39, 0.29) is 11.0 Å². The third-order valence-electron chi connectivity index (χ3n) is 1.83. The number of aromatic nitrogens is 3. The van der Waals surface area contributed by atoms with Crippen LogP contribution in [0, 0.1) is 0 Å². The summed E-state index contributed by atoms with van der Waals surface area (Å²) in [6.07, 6.45) is 0.584. The summed E-state index contributed by atoms with van der Waals surface area (Å²) in [6, 6.07) is 0. The van der Waals surface area contributed by atoms with Crippen LogP contribution in [0.3, 0.4) is 0 Å². The van der Waals surface area contributed by atoms with Crippen molar-refractivity contribution in [3.8, 4) is 0 Å². The first kappa shape index (κ1) is 13.5. The molecule has 0 saturated carbocycles. The first-order valence-electron chi connectivity index (χ1n) is 4.69. The van der Waals surface area contributed by atoms with Crippen molar-refractivity contribution in [3.63, 3.8) is 0 Å². The molecule has 0 fully saturated rings. The number of hydrogen-bond donors (Lipinski definition) is 2. The molecule has 94 valence electrons. The van der Waals surface area contributed by atoms with E-state index in [9.17, 15) is 9.59 Å². The maximum absolute atomic E-state index is 10.9. The van der Waals surface area contributed by atoms with Crippen LogP contribution in [0.4, 0.5) is 4.79 Å². The molecule has 0 bridgehead atoms. The minimum absolute atomic E-state index is 0.172. The van der Waals surface area contributed by atoms with Gasteiger partial charge in [-0.2, -0.15) is 0 Å². The second-order valence-electron chi connectivity index (χ2n) is 3.03. The molecule has 9 heteroatoms. The van der Waals surface area contributed by atoms with Crippen LogP contribution in [-0.4, -0.2) is 44.8 Å². The summed E-state index contributed by atoms with van der Waals surface area (Å²) in [5.74, 6) is -1.42. The number of ether oxygens (including phenoxy) is 1. The number of thioether (sulfide) groups is 1. The van der Waals surface area contributed by atoms with Gasteiger partial charge in [-0.1, -0.05) is 0 Å². The van der Waals surface area contributed by atoms with Gasteiger partial charge in [0.25, 0.3) is 5.24 Å². The number of carboxylic acids is 1. The molecule has 1 rings (SSSR count).